The lowest BCUT2D eigenvalue weighted by atomic mass is 10.1. The van der Waals surface area contributed by atoms with Gasteiger partial charge in [0.15, 0.2) is 0 Å². The van der Waals surface area contributed by atoms with Gasteiger partial charge in [0.2, 0.25) is 5.91 Å². The molecule has 0 spiro atoms. The van der Waals surface area contributed by atoms with E-state index in [1.807, 2.05) is 53.4 Å². The molecule has 1 fully saturated rings. The van der Waals surface area contributed by atoms with Gasteiger partial charge in [-0.05, 0) is 36.0 Å². The van der Waals surface area contributed by atoms with Gasteiger partial charge in [-0.1, -0.05) is 30.3 Å². The van der Waals surface area contributed by atoms with Crippen LogP contribution >= 0.6 is 0 Å². The van der Waals surface area contributed by atoms with E-state index < -0.39 is 0 Å². The van der Waals surface area contributed by atoms with E-state index in [9.17, 15) is 4.79 Å². The number of carbonyl (C=O) groups excluding carboxylic acids is 1. The van der Waals surface area contributed by atoms with Gasteiger partial charge in [0.1, 0.15) is 6.54 Å². The predicted octanol–water partition coefficient (Wildman–Crippen LogP) is 2.21. The lowest BCUT2D eigenvalue weighted by Crippen LogP contribution is -2.26. The molecule has 3 N–H and O–H groups in total. The first-order chi connectivity index (χ1) is 10.2. The molecule has 0 bridgehead atoms. The highest BCUT2D eigenvalue weighted by Gasteiger charge is 2.29. The fraction of sp³-hybridized carbons (Fsp3) is 0.353. The van der Waals surface area contributed by atoms with Crippen molar-refractivity contribution < 1.29 is 4.79 Å². The quantitative estimate of drug-likeness (QED) is 0.854. The molecular weight excluding hydrogens is 262 g/mol. The Bertz CT molecular complexity index is 602. The number of hydrogen-bond donors (Lipinski definition) is 2. The number of nitrogens with one attached hydrogen (secondary N) is 1. The molecular formula is C17H21N3O. The molecule has 0 saturated heterocycles. The van der Waals surface area contributed by atoms with Crippen molar-refractivity contribution in [2.24, 2.45) is 11.7 Å². The third kappa shape index (κ3) is 3.73. The highest BCUT2D eigenvalue weighted by Crippen LogP contribution is 2.39. The number of amides is 1. The minimum absolute atomic E-state index is 0.0148. The summed E-state index contributed by atoms with van der Waals surface area (Å²) >= 11 is 0. The minimum atomic E-state index is 0.0148. The van der Waals surface area contributed by atoms with Gasteiger partial charge >= 0.3 is 0 Å². The number of carbonyl (C=O) groups is 1. The summed E-state index contributed by atoms with van der Waals surface area (Å²) in [5.74, 6) is 0.647. The van der Waals surface area contributed by atoms with Gasteiger partial charge in [-0.15, -0.1) is 0 Å². The second kappa shape index (κ2) is 6.14. The van der Waals surface area contributed by atoms with Gasteiger partial charge in [0.25, 0.3) is 0 Å². The van der Waals surface area contributed by atoms with E-state index in [-0.39, 0.29) is 11.9 Å². The van der Waals surface area contributed by atoms with Crippen LogP contribution < -0.4 is 11.1 Å². The standard InChI is InChI=1S/C17H21N3O/c18-17(14-6-7-14)15-8-9-20(11-15)12-16(21)19-10-13-4-2-1-3-5-13/h1-5,8-9,11,14,17H,6-7,10,12,18H2,(H,19,21). The van der Waals surface area contributed by atoms with E-state index in [4.69, 9.17) is 5.73 Å². The Hall–Kier alpha value is -2.07. The Morgan fingerprint density at radius 1 is 1.29 bits per heavy atom. The van der Waals surface area contributed by atoms with Gasteiger partial charge < -0.3 is 15.6 Å². The van der Waals surface area contributed by atoms with Gasteiger partial charge in [-0.2, -0.15) is 0 Å². The van der Waals surface area contributed by atoms with E-state index in [0.717, 1.165) is 11.1 Å². The summed E-state index contributed by atoms with van der Waals surface area (Å²) in [6.45, 7) is 0.902. The third-order valence-corrected chi connectivity index (χ3v) is 3.95. The van der Waals surface area contributed by atoms with Gasteiger partial charge in [0.05, 0.1) is 0 Å². The lowest BCUT2D eigenvalue weighted by molar-refractivity contribution is -0.121. The maximum atomic E-state index is 11.9. The second-order valence-electron chi connectivity index (χ2n) is 5.74. The van der Waals surface area contributed by atoms with E-state index >= 15 is 0 Å². The number of hydrogen-bond acceptors (Lipinski definition) is 2. The van der Waals surface area contributed by atoms with Gasteiger partial charge in [0, 0.05) is 25.0 Å². The molecule has 1 saturated carbocycles. The second-order valence-corrected chi connectivity index (χ2v) is 5.74. The molecule has 0 radical (unpaired) electrons. The van der Waals surface area contributed by atoms with Crippen molar-refractivity contribution in [3.05, 3.63) is 59.9 Å². The first-order valence-corrected chi connectivity index (χ1v) is 7.44. The summed E-state index contributed by atoms with van der Waals surface area (Å²) in [5, 5.41) is 2.93. The zero-order chi connectivity index (χ0) is 14.7. The summed E-state index contributed by atoms with van der Waals surface area (Å²) in [7, 11) is 0. The van der Waals surface area contributed by atoms with Crippen LogP contribution in [0.1, 0.15) is 30.0 Å². The molecule has 1 amide bonds. The highest BCUT2D eigenvalue weighted by atomic mass is 16.1. The zero-order valence-corrected chi connectivity index (χ0v) is 12.0. The normalized spacial score (nSPS) is 15.7. The Kier molecular flexibility index (Phi) is 4.06. The van der Waals surface area contributed by atoms with E-state index in [2.05, 4.69) is 5.32 Å². The molecule has 3 rings (SSSR count). The molecule has 4 nitrogen and oxygen atoms in total. The van der Waals surface area contributed by atoms with Gasteiger partial charge in [-0.3, -0.25) is 4.79 Å². The first kappa shape index (κ1) is 13.9. The van der Waals surface area contributed by atoms with Crippen molar-refractivity contribution in [1.82, 2.24) is 9.88 Å². The number of nitrogens with zero attached hydrogens (tertiary/aromatic N) is 1. The van der Waals surface area contributed by atoms with Crippen molar-refractivity contribution in [2.45, 2.75) is 32.0 Å². The molecule has 1 atom stereocenters. The summed E-state index contributed by atoms with van der Waals surface area (Å²) in [6.07, 6.45) is 6.37. The smallest absolute Gasteiger partial charge is 0.240 e. The van der Waals surface area contributed by atoms with Crippen LogP contribution in [0.25, 0.3) is 0 Å². The Morgan fingerprint density at radius 2 is 2.05 bits per heavy atom. The fourth-order valence-electron chi connectivity index (χ4n) is 2.50. The molecule has 21 heavy (non-hydrogen) atoms. The van der Waals surface area contributed by atoms with Crippen LogP contribution in [0.15, 0.2) is 48.8 Å². The maximum Gasteiger partial charge on any atom is 0.240 e. The average Bonchev–Trinajstić information content (AvgIpc) is 3.26. The van der Waals surface area contributed by atoms with Crippen LogP contribution in [0, 0.1) is 5.92 Å². The molecule has 1 unspecified atom stereocenters. The SMILES string of the molecule is NC(c1ccn(CC(=O)NCc2ccccc2)c1)C1CC1. The van der Waals surface area contributed by atoms with Crippen LogP contribution in [0.3, 0.4) is 0 Å². The van der Waals surface area contributed by atoms with Crippen molar-refractivity contribution in [2.75, 3.05) is 0 Å². The van der Waals surface area contributed by atoms with E-state index in [1.54, 1.807) is 0 Å². The van der Waals surface area contributed by atoms with Crippen LogP contribution in [0.4, 0.5) is 0 Å². The van der Waals surface area contributed by atoms with Crippen molar-refractivity contribution in [3.63, 3.8) is 0 Å². The molecule has 1 heterocycles. The van der Waals surface area contributed by atoms with Crippen LogP contribution in [-0.4, -0.2) is 10.5 Å². The van der Waals surface area contributed by atoms with Crippen LogP contribution in [-0.2, 0) is 17.9 Å². The summed E-state index contributed by atoms with van der Waals surface area (Å²) in [6, 6.07) is 12.1. The highest BCUT2D eigenvalue weighted by molar-refractivity contribution is 5.75. The van der Waals surface area contributed by atoms with Gasteiger partial charge in [-0.25, -0.2) is 0 Å². The third-order valence-electron chi connectivity index (χ3n) is 3.95. The molecule has 2 aromatic rings. The molecule has 1 aliphatic rings. The summed E-state index contributed by atoms with van der Waals surface area (Å²) < 4.78 is 1.90. The van der Waals surface area contributed by atoms with Crippen molar-refractivity contribution in [1.29, 1.82) is 0 Å². The Labute approximate surface area is 125 Å². The average molecular weight is 283 g/mol. The van der Waals surface area contributed by atoms with Crippen LogP contribution in [0.2, 0.25) is 0 Å². The lowest BCUT2D eigenvalue weighted by Gasteiger charge is -2.08. The molecule has 0 aliphatic heterocycles. The van der Waals surface area contributed by atoms with E-state index in [1.165, 1.54) is 12.8 Å². The molecule has 1 aliphatic carbocycles. The summed E-state index contributed by atoms with van der Waals surface area (Å²) in [4.78, 5) is 11.9. The number of aromatic nitrogens is 1. The van der Waals surface area contributed by atoms with Crippen molar-refractivity contribution in [3.8, 4) is 0 Å². The number of rotatable bonds is 6. The zero-order valence-electron chi connectivity index (χ0n) is 12.0. The fourth-order valence-corrected chi connectivity index (χ4v) is 2.50. The Balaban J connectivity index is 1.50. The minimum Gasteiger partial charge on any atom is -0.350 e. The topological polar surface area (TPSA) is 60.0 Å². The largest absolute Gasteiger partial charge is 0.350 e. The molecule has 1 aromatic carbocycles. The first-order valence-electron chi connectivity index (χ1n) is 7.44. The predicted molar refractivity (Wildman–Crippen MR) is 82.4 cm³/mol. The monoisotopic (exact) mass is 283 g/mol. The summed E-state index contributed by atoms with van der Waals surface area (Å²) in [5.41, 5.74) is 8.40. The molecule has 1 aromatic heterocycles. The van der Waals surface area contributed by atoms with Crippen LogP contribution in [0.5, 0.6) is 0 Å². The molecule has 110 valence electrons. The van der Waals surface area contributed by atoms with Crippen molar-refractivity contribution >= 4 is 5.91 Å². The maximum absolute atomic E-state index is 11.9. The molecule has 4 heteroatoms. The van der Waals surface area contributed by atoms with E-state index in [0.29, 0.717) is 19.0 Å². The Morgan fingerprint density at radius 3 is 2.76 bits per heavy atom. The number of benzene rings is 1. The number of nitrogens with two attached hydrogens (primary N) is 1.